The van der Waals surface area contributed by atoms with Gasteiger partial charge in [-0.15, -0.1) is 0 Å². The van der Waals surface area contributed by atoms with Crippen LogP contribution >= 0.6 is 0 Å². The number of benzene rings is 1. The van der Waals surface area contributed by atoms with Crippen molar-refractivity contribution < 1.29 is 18.7 Å². The topological polar surface area (TPSA) is 67.4 Å². The summed E-state index contributed by atoms with van der Waals surface area (Å²) in [7, 11) is 1.21. The number of hydrogen-bond donors (Lipinski definition) is 2. The van der Waals surface area contributed by atoms with E-state index in [1.807, 2.05) is 0 Å². The molecule has 19 heavy (non-hydrogen) atoms. The van der Waals surface area contributed by atoms with E-state index in [4.69, 9.17) is 0 Å². The van der Waals surface area contributed by atoms with Crippen molar-refractivity contribution in [2.45, 2.75) is 19.0 Å². The molecule has 0 aromatic heterocycles. The van der Waals surface area contributed by atoms with E-state index in [2.05, 4.69) is 15.4 Å². The van der Waals surface area contributed by atoms with Crippen LogP contribution in [0, 0.1) is 5.82 Å². The second-order valence-electron chi connectivity index (χ2n) is 4.39. The molecule has 1 aromatic carbocycles. The monoisotopic (exact) mass is 266 g/mol. The number of esters is 1. The maximum atomic E-state index is 13.7. The van der Waals surface area contributed by atoms with Crippen molar-refractivity contribution in [2.24, 2.45) is 0 Å². The van der Waals surface area contributed by atoms with Gasteiger partial charge in [-0.05, 0) is 17.7 Å². The molecule has 102 valence electrons. The molecule has 1 amide bonds. The Hall–Kier alpha value is -1.95. The summed E-state index contributed by atoms with van der Waals surface area (Å²) in [6.45, 7) is 1.03. The van der Waals surface area contributed by atoms with Crippen molar-refractivity contribution in [3.63, 3.8) is 0 Å². The third kappa shape index (κ3) is 3.29. The summed E-state index contributed by atoms with van der Waals surface area (Å²) in [5, 5.41) is 5.86. The fraction of sp³-hybridized carbons (Fsp3) is 0.385. The van der Waals surface area contributed by atoms with Crippen LogP contribution in [0.3, 0.4) is 0 Å². The van der Waals surface area contributed by atoms with Gasteiger partial charge >= 0.3 is 5.97 Å². The molecule has 0 saturated carbocycles. The maximum absolute atomic E-state index is 13.7. The van der Waals surface area contributed by atoms with E-state index in [1.165, 1.54) is 19.2 Å². The molecule has 1 saturated heterocycles. The third-order valence-corrected chi connectivity index (χ3v) is 3.01. The van der Waals surface area contributed by atoms with Crippen LogP contribution < -0.4 is 10.6 Å². The largest absolute Gasteiger partial charge is 0.465 e. The van der Waals surface area contributed by atoms with Gasteiger partial charge in [-0.3, -0.25) is 4.79 Å². The first-order chi connectivity index (χ1) is 9.10. The Labute approximate surface area is 110 Å². The van der Waals surface area contributed by atoms with Crippen LogP contribution in [0.25, 0.3) is 0 Å². The van der Waals surface area contributed by atoms with Crippen LogP contribution in [-0.2, 0) is 16.1 Å². The number of hydrogen-bond acceptors (Lipinski definition) is 4. The predicted molar refractivity (Wildman–Crippen MR) is 66.0 cm³/mol. The predicted octanol–water partition coefficient (Wildman–Crippen LogP) is 0.590. The quantitative estimate of drug-likeness (QED) is 0.783. The van der Waals surface area contributed by atoms with Gasteiger partial charge in [0.2, 0.25) is 5.91 Å². The Morgan fingerprint density at radius 1 is 1.58 bits per heavy atom. The Balaban J connectivity index is 1.96. The fourth-order valence-electron chi connectivity index (χ4n) is 1.96. The SMILES string of the molecule is COC(=O)c1ccc(CNC2CNC(=O)C2)cc1F. The summed E-state index contributed by atoms with van der Waals surface area (Å²) < 4.78 is 18.1. The first kappa shape index (κ1) is 13.5. The van der Waals surface area contributed by atoms with Crippen LogP contribution in [0.5, 0.6) is 0 Å². The van der Waals surface area contributed by atoms with Crippen molar-refractivity contribution in [2.75, 3.05) is 13.7 Å². The van der Waals surface area contributed by atoms with Crippen LogP contribution in [0.1, 0.15) is 22.3 Å². The molecule has 2 rings (SSSR count). The van der Waals surface area contributed by atoms with Gasteiger partial charge in [0.25, 0.3) is 0 Å². The third-order valence-electron chi connectivity index (χ3n) is 3.01. The van der Waals surface area contributed by atoms with Crippen LogP contribution in [0.4, 0.5) is 4.39 Å². The average molecular weight is 266 g/mol. The lowest BCUT2D eigenvalue weighted by Crippen LogP contribution is -2.30. The maximum Gasteiger partial charge on any atom is 0.340 e. The first-order valence-electron chi connectivity index (χ1n) is 5.97. The molecular weight excluding hydrogens is 251 g/mol. The van der Waals surface area contributed by atoms with Gasteiger partial charge in [0.1, 0.15) is 5.82 Å². The molecule has 0 spiro atoms. The van der Waals surface area contributed by atoms with Crippen molar-refractivity contribution in [3.05, 3.63) is 35.1 Å². The Morgan fingerprint density at radius 3 is 2.95 bits per heavy atom. The van der Waals surface area contributed by atoms with Gasteiger partial charge in [-0.1, -0.05) is 6.07 Å². The molecule has 0 aliphatic carbocycles. The van der Waals surface area contributed by atoms with Gasteiger partial charge in [-0.2, -0.15) is 0 Å². The number of amides is 1. The van der Waals surface area contributed by atoms with E-state index in [0.29, 0.717) is 25.1 Å². The highest BCUT2D eigenvalue weighted by Crippen LogP contribution is 2.12. The van der Waals surface area contributed by atoms with E-state index in [1.54, 1.807) is 6.07 Å². The normalized spacial score (nSPS) is 18.2. The van der Waals surface area contributed by atoms with E-state index in [-0.39, 0.29) is 17.5 Å². The van der Waals surface area contributed by atoms with Gasteiger partial charge < -0.3 is 15.4 Å². The van der Waals surface area contributed by atoms with Gasteiger partial charge in [-0.25, -0.2) is 9.18 Å². The summed E-state index contributed by atoms with van der Waals surface area (Å²) >= 11 is 0. The van der Waals surface area contributed by atoms with Crippen LogP contribution in [-0.4, -0.2) is 31.6 Å². The molecule has 0 bridgehead atoms. The number of carbonyl (C=O) groups excluding carboxylic acids is 2. The fourth-order valence-corrected chi connectivity index (χ4v) is 1.96. The zero-order valence-electron chi connectivity index (χ0n) is 10.5. The van der Waals surface area contributed by atoms with E-state index < -0.39 is 11.8 Å². The summed E-state index contributed by atoms with van der Waals surface area (Å²) in [4.78, 5) is 22.2. The highest BCUT2D eigenvalue weighted by molar-refractivity contribution is 5.89. The van der Waals surface area contributed by atoms with Crippen LogP contribution in [0.2, 0.25) is 0 Å². The smallest absolute Gasteiger partial charge is 0.340 e. The minimum Gasteiger partial charge on any atom is -0.465 e. The first-order valence-corrected chi connectivity index (χ1v) is 5.97. The molecule has 6 heteroatoms. The molecular formula is C13H15FN2O3. The zero-order valence-corrected chi connectivity index (χ0v) is 10.5. The molecule has 1 aliphatic rings. The number of carbonyl (C=O) groups is 2. The Kier molecular flexibility index (Phi) is 4.11. The van der Waals surface area contributed by atoms with Gasteiger partial charge in [0.05, 0.1) is 12.7 Å². The lowest BCUT2D eigenvalue weighted by atomic mass is 10.1. The van der Waals surface area contributed by atoms with Crippen molar-refractivity contribution in [1.29, 1.82) is 0 Å². The second kappa shape index (κ2) is 5.79. The minimum atomic E-state index is -0.692. The molecule has 1 aliphatic heterocycles. The highest BCUT2D eigenvalue weighted by Gasteiger charge is 2.20. The van der Waals surface area contributed by atoms with Gasteiger partial charge in [0, 0.05) is 25.6 Å². The van der Waals surface area contributed by atoms with Gasteiger partial charge in [0.15, 0.2) is 0 Å². The minimum absolute atomic E-state index is 0.0183. The molecule has 0 radical (unpaired) electrons. The number of rotatable bonds is 4. The van der Waals surface area contributed by atoms with E-state index >= 15 is 0 Å². The molecule has 1 aromatic rings. The molecule has 1 heterocycles. The number of halogens is 1. The van der Waals surface area contributed by atoms with Crippen molar-refractivity contribution in [1.82, 2.24) is 10.6 Å². The highest BCUT2D eigenvalue weighted by atomic mass is 19.1. The standard InChI is InChI=1S/C13H15FN2O3/c1-19-13(18)10-3-2-8(4-11(10)14)6-15-9-5-12(17)16-7-9/h2-4,9,15H,5-7H2,1H3,(H,16,17). The lowest BCUT2D eigenvalue weighted by molar-refractivity contribution is -0.119. The summed E-state index contributed by atoms with van der Waals surface area (Å²) in [6.07, 6.45) is 0.433. The summed E-state index contributed by atoms with van der Waals surface area (Å²) in [5.74, 6) is -1.28. The molecule has 1 fully saturated rings. The van der Waals surface area contributed by atoms with Crippen molar-refractivity contribution in [3.8, 4) is 0 Å². The van der Waals surface area contributed by atoms with E-state index in [9.17, 15) is 14.0 Å². The Morgan fingerprint density at radius 2 is 2.37 bits per heavy atom. The zero-order chi connectivity index (χ0) is 13.8. The molecule has 5 nitrogen and oxygen atoms in total. The van der Waals surface area contributed by atoms with Crippen LogP contribution in [0.15, 0.2) is 18.2 Å². The van der Waals surface area contributed by atoms with E-state index in [0.717, 1.165) is 0 Å². The number of ether oxygens (including phenoxy) is 1. The number of methoxy groups -OCH3 is 1. The second-order valence-corrected chi connectivity index (χ2v) is 4.39. The lowest BCUT2D eigenvalue weighted by Gasteiger charge is -2.10. The molecule has 1 atom stereocenters. The average Bonchev–Trinajstić information content (AvgIpc) is 2.81. The summed E-state index contributed by atoms with van der Waals surface area (Å²) in [6, 6.07) is 4.42. The molecule has 1 unspecified atom stereocenters. The molecule has 2 N–H and O–H groups in total. The Bertz CT molecular complexity index is 505. The van der Waals surface area contributed by atoms with Crippen molar-refractivity contribution >= 4 is 11.9 Å². The summed E-state index contributed by atoms with van der Waals surface area (Å²) in [5.41, 5.74) is 0.633. The number of nitrogens with one attached hydrogen (secondary N) is 2.